The summed E-state index contributed by atoms with van der Waals surface area (Å²) in [5.41, 5.74) is 5.03. The molecule has 4 aromatic rings. The van der Waals surface area contributed by atoms with Gasteiger partial charge in [-0.1, -0.05) is 64.5 Å². The van der Waals surface area contributed by atoms with Crippen LogP contribution in [0.15, 0.2) is 89.0 Å². The van der Waals surface area contributed by atoms with Crippen molar-refractivity contribution in [1.82, 2.24) is 9.88 Å². The maximum atomic E-state index is 13.1. The molecule has 6 heteroatoms. The number of aromatic nitrogens is 1. The fraction of sp³-hybridized carbons (Fsp3) is 0.0769. The lowest BCUT2D eigenvalue weighted by Gasteiger charge is -2.11. The lowest BCUT2D eigenvalue weighted by molar-refractivity contribution is -0.113. The number of anilines is 1. The molecule has 1 aliphatic heterocycles. The van der Waals surface area contributed by atoms with Gasteiger partial charge in [-0.05, 0) is 48.9 Å². The lowest BCUT2D eigenvalue weighted by Crippen LogP contribution is -2.30. The lowest BCUT2D eigenvalue weighted by atomic mass is 10.1. The SMILES string of the molecule is Cc1c(/C=C2/NC(=O)N(c3ccccc3)C2=O)c2ccccc2n1Cc1ccc(Br)cc1. The Hall–Kier alpha value is -3.64. The average molecular weight is 486 g/mol. The Morgan fingerprint density at radius 3 is 2.34 bits per heavy atom. The van der Waals surface area contributed by atoms with E-state index >= 15 is 0 Å². The molecule has 0 unspecified atom stereocenters. The molecule has 3 aromatic carbocycles. The van der Waals surface area contributed by atoms with Gasteiger partial charge in [0.05, 0.1) is 5.69 Å². The fourth-order valence-corrected chi connectivity index (χ4v) is 4.37. The van der Waals surface area contributed by atoms with Gasteiger partial charge in [0, 0.05) is 33.2 Å². The van der Waals surface area contributed by atoms with Crippen molar-refractivity contribution in [2.75, 3.05) is 4.90 Å². The van der Waals surface area contributed by atoms with E-state index < -0.39 is 6.03 Å². The number of nitrogens with one attached hydrogen (secondary N) is 1. The highest BCUT2D eigenvalue weighted by Gasteiger charge is 2.35. The minimum absolute atomic E-state index is 0.272. The minimum atomic E-state index is -0.441. The predicted molar refractivity (Wildman–Crippen MR) is 130 cm³/mol. The Balaban J connectivity index is 1.57. The van der Waals surface area contributed by atoms with Gasteiger partial charge in [0.2, 0.25) is 0 Å². The van der Waals surface area contributed by atoms with Crippen LogP contribution in [0.4, 0.5) is 10.5 Å². The molecule has 1 aliphatic rings. The summed E-state index contributed by atoms with van der Waals surface area (Å²) >= 11 is 3.49. The molecule has 0 atom stereocenters. The summed E-state index contributed by atoms with van der Waals surface area (Å²) < 4.78 is 3.28. The van der Waals surface area contributed by atoms with Crippen molar-refractivity contribution in [3.63, 3.8) is 0 Å². The number of fused-ring (bicyclic) bond motifs is 1. The average Bonchev–Trinajstić information content (AvgIpc) is 3.23. The van der Waals surface area contributed by atoms with Crippen LogP contribution in [0.3, 0.4) is 0 Å². The third-order valence-electron chi connectivity index (χ3n) is 5.71. The molecule has 3 amide bonds. The Morgan fingerprint density at radius 1 is 0.906 bits per heavy atom. The monoisotopic (exact) mass is 485 g/mol. The third kappa shape index (κ3) is 3.52. The summed E-state index contributed by atoms with van der Waals surface area (Å²) in [4.78, 5) is 26.8. The number of halogens is 1. The molecule has 0 saturated carbocycles. The zero-order valence-electron chi connectivity index (χ0n) is 17.4. The summed E-state index contributed by atoms with van der Waals surface area (Å²) in [5.74, 6) is -0.356. The highest BCUT2D eigenvalue weighted by Crippen LogP contribution is 2.30. The smallest absolute Gasteiger partial charge is 0.333 e. The molecule has 158 valence electrons. The van der Waals surface area contributed by atoms with Crippen molar-refractivity contribution in [3.05, 3.63) is 106 Å². The van der Waals surface area contributed by atoms with E-state index in [-0.39, 0.29) is 11.6 Å². The maximum absolute atomic E-state index is 13.1. The van der Waals surface area contributed by atoms with Gasteiger partial charge in [0.15, 0.2) is 0 Å². The van der Waals surface area contributed by atoms with Crippen LogP contribution in [0.25, 0.3) is 17.0 Å². The number of nitrogens with zero attached hydrogens (tertiary/aromatic N) is 2. The highest BCUT2D eigenvalue weighted by molar-refractivity contribution is 9.10. The molecular weight excluding hydrogens is 466 g/mol. The van der Waals surface area contributed by atoms with Crippen molar-refractivity contribution >= 4 is 50.5 Å². The Kier molecular flexibility index (Phi) is 5.15. The van der Waals surface area contributed by atoms with Crippen molar-refractivity contribution < 1.29 is 9.59 Å². The summed E-state index contributed by atoms with van der Waals surface area (Å²) in [5, 5.41) is 3.78. The largest absolute Gasteiger partial charge is 0.340 e. The Morgan fingerprint density at radius 2 is 1.59 bits per heavy atom. The molecule has 0 spiro atoms. The first-order valence-electron chi connectivity index (χ1n) is 10.3. The summed E-state index contributed by atoms with van der Waals surface area (Å²) in [6.45, 7) is 2.75. The molecule has 1 N–H and O–H groups in total. The molecule has 0 aliphatic carbocycles. The van der Waals surface area contributed by atoms with E-state index in [0.717, 1.165) is 26.6 Å². The Bertz CT molecular complexity index is 1370. The van der Waals surface area contributed by atoms with E-state index in [2.05, 4.69) is 44.0 Å². The zero-order valence-corrected chi connectivity index (χ0v) is 19.0. The van der Waals surface area contributed by atoms with E-state index in [0.29, 0.717) is 12.2 Å². The fourth-order valence-electron chi connectivity index (χ4n) is 4.11. The summed E-state index contributed by atoms with van der Waals surface area (Å²) in [6.07, 6.45) is 1.79. The quantitative estimate of drug-likeness (QED) is 0.290. The maximum Gasteiger partial charge on any atom is 0.333 e. The van der Waals surface area contributed by atoms with E-state index in [1.165, 1.54) is 10.5 Å². The van der Waals surface area contributed by atoms with Crippen molar-refractivity contribution in [2.24, 2.45) is 0 Å². The molecule has 5 nitrogen and oxygen atoms in total. The van der Waals surface area contributed by atoms with Crippen LogP contribution in [0.2, 0.25) is 0 Å². The van der Waals surface area contributed by atoms with E-state index in [4.69, 9.17) is 0 Å². The van der Waals surface area contributed by atoms with E-state index in [9.17, 15) is 9.59 Å². The second-order valence-electron chi connectivity index (χ2n) is 7.69. The number of para-hydroxylation sites is 2. The van der Waals surface area contributed by atoms with E-state index in [1.54, 1.807) is 30.3 Å². The normalized spacial score (nSPS) is 15.1. The minimum Gasteiger partial charge on any atom is -0.340 e. The van der Waals surface area contributed by atoms with Crippen molar-refractivity contribution in [3.8, 4) is 0 Å². The van der Waals surface area contributed by atoms with Crippen molar-refractivity contribution in [1.29, 1.82) is 0 Å². The van der Waals surface area contributed by atoms with Crippen LogP contribution in [-0.2, 0) is 11.3 Å². The molecule has 5 rings (SSSR count). The van der Waals surface area contributed by atoms with Gasteiger partial charge in [-0.25, -0.2) is 9.69 Å². The van der Waals surface area contributed by atoms with Crippen molar-refractivity contribution in [2.45, 2.75) is 13.5 Å². The standard InChI is InChI=1S/C26H20BrN3O2/c1-17-22(15-23-25(31)30(26(32)28-23)20-7-3-2-4-8-20)21-9-5-6-10-24(21)29(17)16-18-11-13-19(27)14-12-18/h2-15H,16H2,1H3,(H,28,32)/b23-15+. The first-order chi connectivity index (χ1) is 15.5. The highest BCUT2D eigenvalue weighted by atomic mass is 79.9. The zero-order chi connectivity index (χ0) is 22.2. The number of rotatable bonds is 4. The molecule has 1 fully saturated rings. The number of hydrogen-bond acceptors (Lipinski definition) is 2. The summed E-state index contributed by atoms with van der Waals surface area (Å²) in [6, 6.07) is 24.9. The van der Waals surface area contributed by atoms with Gasteiger partial charge in [-0.2, -0.15) is 0 Å². The Labute approximate surface area is 194 Å². The number of benzene rings is 3. The van der Waals surface area contributed by atoms with Crippen LogP contribution in [-0.4, -0.2) is 16.5 Å². The first-order valence-corrected chi connectivity index (χ1v) is 11.1. The van der Waals surface area contributed by atoms with Crippen LogP contribution in [0.5, 0.6) is 0 Å². The number of urea groups is 1. The number of imide groups is 1. The molecule has 0 radical (unpaired) electrons. The third-order valence-corrected chi connectivity index (χ3v) is 6.24. The van der Waals surface area contributed by atoms with Gasteiger partial charge >= 0.3 is 6.03 Å². The topological polar surface area (TPSA) is 54.3 Å². The second kappa shape index (κ2) is 8.13. The van der Waals surface area contributed by atoms with Crippen LogP contribution in [0, 0.1) is 6.92 Å². The first kappa shape index (κ1) is 20.3. The number of carbonyl (C=O) groups excluding carboxylic acids is 2. The van der Waals surface area contributed by atoms with Crippen LogP contribution >= 0.6 is 15.9 Å². The predicted octanol–water partition coefficient (Wildman–Crippen LogP) is 5.86. The molecule has 32 heavy (non-hydrogen) atoms. The number of carbonyl (C=O) groups is 2. The number of hydrogen-bond donors (Lipinski definition) is 1. The van der Waals surface area contributed by atoms with Gasteiger partial charge in [-0.3, -0.25) is 4.79 Å². The van der Waals surface area contributed by atoms with E-state index in [1.807, 2.05) is 43.3 Å². The van der Waals surface area contributed by atoms with Crippen LogP contribution in [0.1, 0.15) is 16.8 Å². The molecule has 1 aromatic heterocycles. The molecule has 1 saturated heterocycles. The molecular formula is C26H20BrN3O2. The van der Waals surface area contributed by atoms with Crippen LogP contribution < -0.4 is 10.2 Å². The van der Waals surface area contributed by atoms with Gasteiger partial charge in [0.25, 0.3) is 5.91 Å². The van der Waals surface area contributed by atoms with Gasteiger partial charge in [0.1, 0.15) is 5.70 Å². The molecule has 0 bridgehead atoms. The number of amides is 3. The second-order valence-corrected chi connectivity index (χ2v) is 8.61. The van der Waals surface area contributed by atoms with Gasteiger partial charge in [-0.15, -0.1) is 0 Å². The van der Waals surface area contributed by atoms with Gasteiger partial charge < -0.3 is 9.88 Å². The summed E-state index contributed by atoms with van der Waals surface area (Å²) in [7, 11) is 0. The molecule has 2 heterocycles.